The van der Waals surface area contributed by atoms with Gasteiger partial charge in [-0.1, -0.05) is 6.07 Å². The van der Waals surface area contributed by atoms with Gasteiger partial charge in [0.1, 0.15) is 5.82 Å². The number of rotatable bonds is 2. The lowest BCUT2D eigenvalue weighted by Crippen LogP contribution is -2.07. The molecule has 1 atom stereocenters. The van der Waals surface area contributed by atoms with E-state index in [1.807, 2.05) is 0 Å². The normalized spacial score (nSPS) is 12.9. The number of halogens is 2. The Morgan fingerprint density at radius 2 is 2.23 bits per heavy atom. The maximum Gasteiger partial charge on any atom is 0.131 e. The van der Waals surface area contributed by atoms with Crippen molar-refractivity contribution in [2.45, 2.75) is 13.0 Å². The predicted molar refractivity (Wildman–Crippen MR) is 51.2 cm³/mol. The third-order valence-corrected chi connectivity index (χ3v) is 2.22. The summed E-state index contributed by atoms with van der Waals surface area (Å²) in [5, 5.41) is 9.36. The number of alkyl halides is 1. The van der Waals surface area contributed by atoms with Gasteiger partial charge < -0.3 is 10.8 Å². The molecule has 0 saturated heterocycles. The van der Waals surface area contributed by atoms with E-state index in [-0.39, 0.29) is 17.1 Å². The van der Waals surface area contributed by atoms with E-state index in [0.29, 0.717) is 0 Å². The molecule has 0 heterocycles. The molecule has 13 heavy (non-hydrogen) atoms. The molecule has 2 nitrogen and oxygen atoms in total. The molecule has 0 spiro atoms. The van der Waals surface area contributed by atoms with Crippen molar-refractivity contribution in [3.63, 3.8) is 0 Å². The van der Waals surface area contributed by atoms with Crippen LogP contribution in [0.15, 0.2) is 12.1 Å². The highest BCUT2D eigenvalue weighted by molar-refractivity contribution is 6.18. The van der Waals surface area contributed by atoms with Gasteiger partial charge in [-0.3, -0.25) is 0 Å². The van der Waals surface area contributed by atoms with Crippen molar-refractivity contribution in [3.8, 4) is 0 Å². The lowest BCUT2D eigenvalue weighted by molar-refractivity contribution is 0.198. The van der Waals surface area contributed by atoms with E-state index in [1.165, 1.54) is 6.07 Å². The van der Waals surface area contributed by atoms with Crippen molar-refractivity contribution in [1.82, 2.24) is 0 Å². The van der Waals surface area contributed by atoms with E-state index >= 15 is 0 Å². The number of aliphatic hydroxyl groups is 1. The van der Waals surface area contributed by atoms with E-state index in [1.54, 1.807) is 13.0 Å². The molecule has 4 heteroatoms. The van der Waals surface area contributed by atoms with Gasteiger partial charge in [0.2, 0.25) is 0 Å². The number of aryl methyl sites for hydroxylation is 1. The lowest BCUT2D eigenvalue weighted by Gasteiger charge is -2.13. The Hall–Kier alpha value is -0.800. The van der Waals surface area contributed by atoms with Crippen LogP contribution in [0.25, 0.3) is 0 Å². The molecule has 1 aromatic rings. The fraction of sp³-hybridized carbons (Fsp3) is 0.333. The minimum Gasteiger partial charge on any atom is -0.398 e. The molecule has 0 aromatic heterocycles. The van der Waals surface area contributed by atoms with E-state index in [2.05, 4.69) is 0 Å². The predicted octanol–water partition coefficient (Wildman–Crippen LogP) is 1.99. The third-order valence-electron chi connectivity index (χ3n) is 1.93. The van der Waals surface area contributed by atoms with Crippen molar-refractivity contribution in [1.29, 1.82) is 0 Å². The van der Waals surface area contributed by atoms with E-state index in [0.717, 1.165) is 5.56 Å². The van der Waals surface area contributed by atoms with Gasteiger partial charge in [-0.25, -0.2) is 4.39 Å². The molecular weight excluding hydrogens is 193 g/mol. The van der Waals surface area contributed by atoms with Crippen LogP contribution in [0, 0.1) is 12.7 Å². The standard InChI is InChI=1S/C9H11ClFNO/c1-5-2-3-6(11)8(9(5)12)7(13)4-10/h2-3,7,13H,4,12H2,1H3. The molecule has 1 unspecified atom stereocenters. The summed E-state index contributed by atoms with van der Waals surface area (Å²) in [5.74, 6) is -0.582. The van der Waals surface area contributed by atoms with Crippen LogP contribution in [-0.4, -0.2) is 11.0 Å². The number of nitrogens with two attached hydrogens (primary N) is 1. The van der Waals surface area contributed by atoms with Gasteiger partial charge in [-0.05, 0) is 18.6 Å². The molecule has 0 amide bonds. The number of hydrogen-bond acceptors (Lipinski definition) is 2. The first-order valence-electron chi connectivity index (χ1n) is 3.86. The summed E-state index contributed by atoms with van der Waals surface area (Å²) in [4.78, 5) is 0. The number of nitrogen functional groups attached to an aromatic ring is 1. The number of anilines is 1. The second-order valence-corrected chi connectivity index (χ2v) is 3.17. The minimum absolute atomic E-state index is 0.0649. The summed E-state index contributed by atoms with van der Waals surface area (Å²) in [6, 6.07) is 2.84. The largest absolute Gasteiger partial charge is 0.398 e. The molecule has 0 aliphatic heterocycles. The van der Waals surface area contributed by atoms with Crippen LogP contribution in [0.4, 0.5) is 10.1 Å². The Bertz CT molecular complexity index is 317. The molecule has 1 rings (SSSR count). The van der Waals surface area contributed by atoms with Crippen LogP contribution in [0.3, 0.4) is 0 Å². The van der Waals surface area contributed by atoms with Crippen LogP contribution in [0.1, 0.15) is 17.2 Å². The number of aliphatic hydroxyl groups excluding tert-OH is 1. The zero-order valence-corrected chi connectivity index (χ0v) is 7.98. The second kappa shape index (κ2) is 3.94. The summed E-state index contributed by atoms with van der Waals surface area (Å²) >= 11 is 5.41. The fourth-order valence-corrected chi connectivity index (χ4v) is 1.29. The molecule has 72 valence electrons. The van der Waals surface area contributed by atoms with Crippen molar-refractivity contribution in [2.24, 2.45) is 0 Å². The van der Waals surface area contributed by atoms with Crippen LogP contribution in [0.5, 0.6) is 0 Å². The lowest BCUT2D eigenvalue weighted by atomic mass is 10.0. The highest BCUT2D eigenvalue weighted by atomic mass is 35.5. The summed E-state index contributed by atoms with van der Waals surface area (Å²) in [7, 11) is 0. The van der Waals surface area contributed by atoms with Crippen LogP contribution < -0.4 is 5.73 Å². The van der Waals surface area contributed by atoms with Crippen LogP contribution >= 0.6 is 11.6 Å². The molecule has 0 saturated carbocycles. The summed E-state index contributed by atoms with van der Waals surface area (Å²) in [6.45, 7) is 1.75. The molecule has 1 aromatic carbocycles. The number of hydrogen-bond donors (Lipinski definition) is 2. The highest BCUT2D eigenvalue weighted by Crippen LogP contribution is 2.27. The molecule has 0 aliphatic carbocycles. The average Bonchev–Trinajstić information content (AvgIpc) is 2.12. The van der Waals surface area contributed by atoms with E-state index in [9.17, 15) is 9.50 Å². The van der Waals surface area contributed by atoms with E-state index < -0.39 is 11.9 Å². The van der Waals surface area contributed by atoms with Gasteiger partial charge in [-0.2, -0.15) is 0 Å². The zero-order chi connectivity index (χ0) is 10.0. The first kappa shape index (κ1) is 10.3. The van der Waals surface area contributed by atoms with Gasteiger partial charge in [0.15, 0.2) is 0 Å². The minimum atomic E-state index is -1.04. The van der Waals surface area contributed by atoms with Gasteiger partial charge >= 0.3 is 0 Å². The van der Waals surface area contributed by atoms with Gasteiger partial charge in [0.25, 0.3) is 0 Å². The van der Waals surface area contributed by atoms with Crippen LogP contribution in [-0.2, 0) is 0 Å². The molecule has 0 radical (unpaired) electrons. The smallest absolute Gasteiger partial charge is 0.131 e. The van der Waals surface area contributed by atoms with Crippen LogP contribution in [0.2, 0.25) is 0 Å². The maximum absolute atomic E-state index is 13.2. The molecule has 0 aliphatic rings. The highest BCUT2D eigenvalue weighted by Gasteiger charge is 2.16. The quantitative estimate of drug-likeness (QED) is 0.571. The SMILES string of the molecule is Cc1ccc(F)c(C(O)CCl)c1N. The fourth-order valence-electron chi connectivity index (χ4n) is 1.13. The second-order valence-electron chi connectivity index (χ2n) is 2.86. The molecule has 3 N–H and O–H groups in total. The molecule has 0 fully saturated rings. The number of benzene rings is 1. The third kappa shape index (κ3) is 1.92. The molecule has 0 bridgehead atoms. The van der Waals surface area contributed by atoms with Gasteiger partial charge in [-0.15, -0.1) is 11.6 Å². The van der Waals surface area contributed by atoms with Crippen molar-refractivity contribution in [3.05, 3.63) is 29.1 Å². The summed E-state index contributed by atoms with van der Waals surface area (Å²) < 4.78 is 13.2. The monoisotopic (exact) mass is 203 g/mol. The zero-order valence-electron chi connectivity index (χ0n) is 7.22. The van der Waals surface area contributed by atoms with Crippen molar-refractivity contribution < 1.29 is 9.50 Å². The Balaban J connectivity index is 3.25. The summed E-state index contributed by atoms with van der Waals surface area (Å²) in [5.41, 5.74) is 6.70. The average molecular weight is 204 g/mol. The Labute approximate surface area is 81.1 Å². The summed E-state index contributed by atoms with van der Waals surface area (Å²) in [6.07, 6.45) is -1.04. The Morgan fingerprint density at radius 1 is 1.62 bits per heavy atom. The van der Waals surface area contributed by atoms with E-state index in [4.69, 9.17) is 17.3 Å². The van der Waals surface area contributed by atoms with Gasteiger partial charge in [0, 0.05) is 11.3 Å². The Morgan fingerprint density at radius 3 is 2.77 bits per heavy atom. The van der Waals surface area contributed by atoms with Crippen molar-refractivity contribution >= 4 is 17.3 Å². The Kier molecular flexibility index (Phi) is 3.12. The topological polar surface area (TPSA) is 46.2 Å². The first-order chi connectivity index (χ1) is 6.07. The maximum atomic E-state index is 13.2. The van der Waals surface area contributed by atoms with Gasteiger partial charge in [0.05, 0.1) is 12.0 Å². The first-order valence-corrected chi connectivity index (χ1v) is 4.40. The molecular formula is C9H11ClFNO. The van der Waals surface area contributed by atoms with Crippen molar-refractivity contribution in [2.75, 3.05) is 11.6 Å².